The quantitative estimate of drug-likeness (QED) is 0.215. The molecule has 2 fully saturated rings. The third-order valence-corrected chi connectivity index (χ3v) is 7.21. The highest BCUT2D eigenvalue weighted by Crippen LogP contribution is 2.46. The zero-order chi connectivity index (χ0) is 22.7. The van der Waals surface area contributed by atoms with Crippen molar-refractivity contribution in [3.8, 4) is 0 Å². The van der Waals surface area contributed by atoms with Gasteiger partial charge in [0.25, 0.3) is 0 Å². The Morgan fingerprint density at radius 2 is 1.69 bits per heavy atom. The van der Waals surface area contributed by atoms with Gasteiger partial charge in [0.05, 0.1) is 0 Å². The number of carbonyl (C=O) groups is 1. The number of nitrogens with zero attached hydrogens (tertiary/aromatic N) is 1. The molecule has 0 heterocycles. The van der Waals surface area contributed by atoms with Gasteiger partial charge in [-0.15, -0.1) is 0 Å². The standard InChI is InChI=1S/C27H43N3O2/c1-29-25(28)27(18-19-27)26(31)30-24-16-14-22(15-17-24)11-7-4-2-3-5-10-20-32-21-23-12-8-6-9-13-23/h14-17,23H,2-13,18-21H2,1H3,(H2,28,29)(H,30,31). The SMILES string of the molecule is C/N=C(\N)C1(C(=O)Nc2ccc(CCCCCCCCOCC3CCCCC3)cc2)CC1. The van der Waals surface area contributed by atoms with E-state index < -0.39 is 5.41 Å². The minimum absolute atomic E-state index is 0.0345. The highest BCUT2D eigenvalue weighted by atomic mass is 16.5. The Balaban J connectivity index is 1.20. The van der Waals surface area contributed by atoms with E-state index in [0.29, 0.717) is 5.84 Å². The summed E-state index contributed by atoms with van der Waals surface area (Å²) in [5.41, 5.74) is 7.51. The minimum atomic E-state index is -0.574. The molecule has 2 saturated carbocycles. The highest BCUT2D eigenvalue weighted by molar-refractivity contribution is 6.14. The van der Waals surface area contributed by atoms with E-state index >= 15 is 0 Å². The third kappa shape index (κ3) is 7.61. The first-order valence-electron chi connectivity index (χ1n) is 12.8. The molecule has 3 rings (SSSR count). The minimum Gasteiger partial charge on any atom is -0.387 e. The van der Waals surface area contributed by atoms with Crippen LogP contribution in [-0.2, 0) is 16.0 Å². The van der Waals surface area contributed by atoms with Crippen LogP contribution >= 0.6 is 0 Å². The lowest BCUT2D eigenvalue weighted by molar-refractivity contribution is -0.119. The van der Waals surface area contributed by atoms with Gasteiger partial charge in [-0.3, -0.25) is 9.79 Å². The van der Waals surface area contributed by atoms with Crippen LogP contribution in [0.1, 0.15) is 89.0 Å². The predicted octanol–water partition coefficient (Wildman–Crippen LogP) is 5.87. The van der Waals surface area contributed by atoms with Gasteiger partial charge in [-0.2, -0.15) is 0 Å². The Labute approximate surface area is 194 Å². The van der Waals surface area contributed by atoms with E-state index in [-0.39, 0.29) is 5.91 Å². The molecule has 0 atom stereocenters. The van der Waals surface area contributed by atoms with Gasteiger partial charge in [-0.05, 0) is 68.6 Å². The van der Waals surface area contributed by atoms with Gasteiger partial charge in [0.15, 0.2) is 0 Å². The van der Waals surface area contributed by atoms with Crippen molar-refractivity contribution in [2.45, 2.75) is 89.9 Å². The van der Waals surface area contributed by atoms with Crippen molar-refractivity contribution in [1.82, 2.24) is 0 Å². The first kappa shape index (κ1) is 24.8. The van der Waals surface area contributed by atoms with Crippen molar-refractivity contribution in [3.05, 3.63) is 29.8 Å². The summed E-state index contributed by atoms with van der Waals surface area (Å²) in [5.74, 6) is 1.24. The van der Waals surface area contributed by atoms with E-state index in [9.17, 15) is 4.79 Å². The number of aryl methyl sites for hydroxylation is 1. The lowest BCUT2D eigenvalue weighted by Crippen LogP contribution is -2.36. The number of amides is 1. The average molecular weight is 442 g/mol. The van der Waals surface area contributed by atoms with E-state index in [1.807, 2.05) is 12.1 Å². The smallest absolute Gasteiger partial charge is 0.238 e. The molecule has 0 aromatic heterocycles. The average Bonchev–Trinajstić information content (AvgIpc) is 3.64. The zero-order valence-corrected chi connectivity index (χ0v) is 20.0. The molecule has 2 aliphatic rings. The number of ether oxygens (including phenoxy) is 1. The largest absolute Gasteiger partial charge is 0.387 e. The Hall–Kier alpha value is -1.88. The third-order valence-electron chi connectivity index (χ3n) is 7.21. The van der Waals surface area contributed by atoms with E-state index in [4.69, 9.17) is 10.5 Å². The first-order valence-corrected chi connectivity index (χ1v) is 12.8. The Kier molecular flexibility index (Phi) is 10.0. The van der Waals surface area contributed by atoms with Gasteiger partial charge in [0.2, 0.25) is 5.91 Å². The molecule has 178 valence electrons. The molecule has 3 N–H and O–H groups in total. The number of nitrogens with one attached hydrogen (secondary N) is 1. The number of carbonyl (C=O) groups excluding carboxylic acids is 1. The molecule has 0 bridgehead atoms. The van der Waals surface area contributed by atoms with Crippen LogP contribution in [0.15, 0.2) is 29.3 Å². The number of rotatable bonds is 14. The zero-order valence-electron chi connectivity index (χ0n) is 20.0. The molecule has 1 amide bonds. The van der Waals surface area contributed by atoms with Crippen molar-refractivity contribution >= 4 is 17.4 Å². The summed E-state index contributed by atoms with van der Waals surface area (Å²) in [4.78, 5) is 16.5. The number of benzene rings is 1. The lowest BCUT2D eigenvalue weighted by atomic mass is 9.90. The van der Waals surface area contributed by atoms with Crippen molar-refractivity contribution in [2.75, 3.05) is 25.6 Å². The Morgan fingerprint density at radius 1 is 1.03 bits per heavy atom. The van der Waals surface area contributed by atoms with Gasteiger partial charge in [0.1, 0.15) is 11.3 Å². The molecule has 5 nitrogen and oxygen atoms in total. The maximum Gasteiger partial charge on any atom is 0.238 e. The summed E-state index contributed by atoms with van der Waals surface area (Å²) in [5, 5.41) is 3.00. The number of nitrogens with two attached hydrogens (primary N) is 1. The summed E-state index contributed by atoms with van der Waals surface area (Å²) in [6, 6.07) is 8.23. The number of aliphatic imine (C=N–C) groups is 1. The molecular weight excluding hydrogens is 398 g/mol. The maximum absolute atomic E-state index is 12.5. The molecule has 0 spiro atoms. The van der Waals surface area contributed by atoms with Gasteiger partial charge in [-0.25, -0.2) is 0 Å². The van der Waals surface area contributed by atoms with E-state index in [1.165, 1.54) is 76.2 Å². The first-order chi connectivity index (χ1) is 15.6. The van der Waals surface area contributed by atoms with Crippen molar-refractivity contribution in [2.24, 2.45) is 22.1 Å². The van der Waals surface area contributed by atoms with Gasteiger partial charge in [0, 0.05) is 25.9 Å². The summed E-state index contributed by atoms with van der Waals surface area (Å²) in [7, 11) is 1.64. The molecule has 5 heteroatoms. The van der Waals surface area contributed by atoms with E-state index in [1.54, 1.807) is 7.05 Å². The van der Waals surface area contributed by atoms with Crippen LogP contribution in [0.2, 0.25) is 0 Å². The lowest BCUT2D eigenvalue weighted by Gasteiger charge is -2.21. The number of amidine groups is 1. The van der Waals surface area contributed by atoms with Crippen molar-refractivity contribution in [1.29, 1.82) is 0 Å². The number of unbranched alkanes of at least 4 members (excludes halogenated alkanes) is 5. The van der Waals surface area contributed by atoms with Crippen molar-refractivity contribution in [3.63, 3.8) is 0 Å². The van der Waals surface area contributed by atoms with Gasteiger partial charge in [-0.1, -0.05) is 57.1 Å². The van der Waals surface area contributed by atoms with Crippen LogP contribution in [0.3, 0.4) is 0 Å². The summed E-state index contributed by atoms with van der Waals surface area (Å²) in [6.45, 7) is 1.93. The highest BCUT2D eigenvalue weighted by Gasteiger charge is 2.53. The number of anilines is 1. The summed E-state index contributed by atoms with van der Waals surface area (Å²) >= 11 is 0. The van der Waals surface area contributed by atoms with Crippen LogP contribution in [0.5, 0.6) is 0 Å². The second kappa shape index (κ2) is 13.0. The molecule has 1 aromatic carbocycles. The van der Waals surface area contributed by atoms with Gasteiger partial charge < -0.3 is 15.8 Å². The molecule has 1 aromatic rings. The summed E-state index contributed by atoms with van der Waals surface area (Å²) < 4.78 is 5.89. The van der Waals surface area contributed by atoms with Crippen LogP contribution in [0, 0.1) is 11.3 Å². The van der Waals surface area contributed by atoms with Crippen LogP contribution in [-0.4, -0.2) is 32.0 Å². The normalized spacial score (nSPS) is 18.5. The second-order valence-corrected chi connectivity index (χ2v) is 9.79. The summed E-state index contributed by atoms with van der Waals surface area (Å²) in [6.07, 6.45) is 17.2. The van der Waals surface area contributed by atoms with Crippen molar-refractivity contribution < 1.29 is 9.53 Å². The monoisotopic (exact) mass is 441 g/mol. The topological polar surface area (TPSA) is 76.7 Å². The van der Waals surface area contributed by atoms with E-state index in [2.05, 4.69) is 22.4 Å². The Morgan fingerprint density at radius 3 is 2.34 bits per heavy atom. The van der Waals surface area contributed by atoms with Crippen LogP contribution in [0.25, 0.3) is 0 Å². The van der Waals surface area contributed by atoms with Crippen LogP contribution < -0.4 is 11.1 Å². The van der Waals surface area contributed by atoms with Crippen LogP contribution in [0.4, 0.5) is 5.69 Å². The van der Waals surface area contributed by atoms with Gasteiger partial charge >= 0.3 is 0 Å². The Bertz CT molecular complexity index is 719. The maximum atomic E-state index is 12.5. The second-order valence-electron chi connectivity index (χ2n) is 9.79. The molecule has 2 aliphatic carbocycles. The predicted molar refractivity (Wildman–Crippen MR) is 133 cm³/mol. The number of hydrogen-bond acceptors (Lipinski definition) is 3. The fraction of sp³-hybridized carbons (Fsp3) is 0.704. The molecular formula is C27H43N3O2. The van der Waals surface area contributed by atoms with E-state index in [0.717, 1.165) is 44.1 Å². The molecule has 0 aliphatic heterocycles. The fourth-order valence-corrected chi connectivity index (χ4v) is 4.79. The molecule has 32 heavy (non-hydrogen) atoms. The molecule has 0 unspecified atom stereocenters. The molecule has 0 saturated heterocycles. The molecule has 0 radical (unpaired) electrons. The fourth-order valence-electron chi connectivity index (χ4n) is 4.79. The number of hydrogen-bond donors (Lipinski definition) is 2.